The quantitative estimate of drug-likeness (QED) is 0.802. The van der Waals surface area contributed by atoms with Crippen molar-refractivity contribution in [3.05, 3.63) is 36.1 Å². The lowest BCUT2D eigenvalue weighted by molar-refractivity contribution is 0.0703. The number of carbonyl (C=O) groups is 1. The summed E-state index contributed by atoms with van der Waals surface area (Å²) in [6.45, 7) is 5.31. The van der Waals surface area contributed by atoms with E-state index in [0.29, 0.717) is 17.4 Å². The van der Waals surface area contributed by atoms with Crippen LogP contribution in [0.15, 0.2) is 23.2 Å². The van der Waals surface area contributed by atoms with Crippen molar-refractivity contribution < 1.29 is 9.21 Å². The average molecular weight is 345 g/mol. The second-order valence-electron chi connectivity index (χ2n) is 6.96. The first kappa shape index (κ1) is 17.7. The number of hydrogen-bond donors (Lipinski definition) is 0. The number of piperidine rings is 1. The predicted molar refractivity (Wildman–Crippen MR) is 94.5 cm³/mol. The van der Waals surface area contributed by atoms with Crippen LogP contribution in [-0.4, -0.2) is 64.0 Å². The third-order valence-electron chi connectivity index (χ3n) is 4.85. The number of hydrogen-bond acceptors (Lipinski definition) is 5. The van der Waals surface area contributed by atoms with E-state index in [1.54, 1.807) is 6.92 Å². The molecule has 2 aromatic heterocycles. The molecule has 25 heavy (non-hydrogen) atoms. The Bertz CT molecular complexity index is 698. The number of imidazole rings is 1. The second-order valence-corrected chi connectivity index (χ2v) is 6.96. The highest BCUT2D eigenvalue weighted by Gasteiger charge is 2.28. The fourth-order valence-electron chi connectivity index (χ4n) is 3.43. The number of likely N-dealkylation sites (tertiary alicyclic amines) is 1. The number of aromatic nitrogens is 3. The molecule has 0 aliphatic carbocycles. The summed E-state index contributed by atoms with van der Waals surface area (Å²) in [5.41, 5.74) is 0.434. The van der Waals surface area contributed by atoms with E-state index >= 15 is 0 Å². The minimum absolute atomic E-state index is 0.0287. The van der Waals surface area contributed by atoms with Gasteiger partial charge in [-0.05, 0) is 46.8 Å². The van der Waals surface area contributed by atoms with Crippen molar-refractivity contribution in [1.82, 2.24) is 24.3 Å². The minimum Gasteiger partial charge on any atom is -0.448 e. The van der Waals surface area contributed by atoms with E-state index < -0.39 is 0 Å². The number of amides is 1. The van der Waals surface area contributed by atoms with Crippen LogP contribution in [0.25, 0.3) is 0 Å². The summed E-state index contributed by atoms with van der Waals surface area (Å²) in [5, 5.41) is 0. The molecule has 1 aliphatic rings. The van der Waals surface area contributed by atoms with Gasteiger partial charge in [0.05, 0.1) is 0 Å². The molecule has 0 unspecified atom stereocenters. The van der Waals surface area contributed by atoms with Crippen molar-refractivity contribution in [2.24, 2.45) is 0 Å². The number of oxazole rings is 1. The van der Waals surface area contributed by atoms with E-state index in [2.05, 4.69) is 39.7 Å². The molecule has 1 saturated heterocycles. The fourth-order valence-corrected chi connectivity index (χ4v) is 3.43. The molecule has 2 aromatic rings. The first-order valence-electron chi connectivity index (χ1n) is 8.91. The summed E-state index contributed by atoms with van der Waals surface area (Å²) < 4.78 is 7.42. The standard InChI is InChI=1S/C18H27N5O2/c1-14-16(20-13-25-14)18(24)23-10-5-15(6-11-23)17-19-7-12-22(17)9-4-8-21(2)3/h7,12-13,15H,4-6,8-11H2,1-3H3. The van der Waals surface area contributed by atoms with Crippen LogP contribution in [0.1, 0.15) is 47.3 Å². The number of aryl methyl sites for hydroxylation is 2. The topological polar surface area (TPSA) is 67.4 Å². The second kappa shape index (κ2) is 7.82. The Hall–Kier alpha value is -2.15. The SMILES string of the molecule is Cc1ocnc1C(=O)N1CCC(c2nccn2CCCN(C)C)CC1. The third-order valence-corrected chi connectivity index (χ3v) is 4.85. The fraction of sp³-hybridized carbons (Fsp3) is 0.611. The molecule has 136 valence electrons. The maximum atomic E-state index is 12.5. The molecule has 3 heterocycles. The molecule has 0 spiro atoms. The van der Waals surface area contributed by atoms with Crippen molar-refractivity contribution in [2.75, 3.05) is 33.7 Å². The Kier molecular flexibility index (Phi) is 5.53. The Morgan fingerprint density at radius 3 is 2.72 bits per heavy atom. The van der Waals surface area contributed by atoms with Gasteiger partial charge in [0.15, 0.2) is 12.1 Å². The van der Waals surface area contributed by atoms with E-state index in [9.17, 15) is 4.79 Å². The molecule has 1 aliphatic heterocycles. The van der Waals surface area contributed by atoms with Gasteiger partial charge in [0.1, 0.15) is 11.6 Å². The Labute approximate surface area is 148 Å². The van der Waals surface area contributed by atoms with E-state index in [-0.39, 0.29) is 5.91 Å². The van der Waals surface area contributed by atoms with Crippen LogP contribution in [0.4, 0.5) is 0 Å². The molecule has 0 aromatic carbocycles. The highest BCUT2D eigenvalue weighted by atomic mass is 16.3. The minimum atomic E-state index is -0.0287. The van der Waals surface area contributed by atoms with E-state index in [1.807, 2.05) is 11.1 Å². The molecule has 0 atom stereocenters. The summed E-state index contributed by atoms with van der Waals surface area (Å²) in [5.74, 6) is 2.13. The maximum absolute atomic E-state index is 12.5. The molecule has 7 nitrogen and oxygen atoms in total. The number of rotatable bonds is 6. The van der Waals surface area contributed by atoms with Crippen LogP contribution in [0.2, 0.25) is 0 Å². The van der Waals surface area contributed by atoms with Crippen LogP contribution < -0.4 is 0 Å². The predicted octanol–water partition coefficient (Wildman–Crippen LogP) is 2.15. The Morgan fingerprint density at radius 2 is 2.08 bits per heavy atom. The lowest BCUT2D eigenvalue weighted by Crippen LogP contribution is -2.38. The summed E-state index contributed by atoms with van der Waals surface area (Å²) in [6.07, 6.45) is 8.28. The van der Waals surface area contributed by atoms with Crippen molar-refractivity contribution in [1.29, 1.82) is 0 Å². The molecule has 1 amide bonds. The lowest BCUT2D eigenvalue weighted by Gasteiger charge is -2.31. The van der Waals surface area contributed by atoms with Crippen molar-refractivity contribution in [3.63, 3.8) is 0 Å². The molecule has 3 rings (SSSR count). The van der Waals surface area contributed by atoms with Gasteiger partial charge in [-0.2, -0.15) is 0 Å². The summed E-state index contributed by atoms with van der Waals surface area (Å²) in [7, 11) is 4.19. The molecular formula is C18H27N5O2. The van der Waals surface area contributed by atoms with Crippen LogP contribution in [0.3, 0.4) is 0 Å². The molecule has 0 radical (unpaired) electrons. The van der Waals surface area contributed by atoms with Crippen molar-refractivity contribution in [3.8, 4) is 0 Å². The molecular weight excluding hydrogens is 318 g/mol. The zero-order valence-electron chi connectivity index (χ0n) is 15.3. The maximum Gasteiger partial charge on any atom is 0.276 e. The average Bonchev–Trinajstić information content (AvgIpc) is 3.23. The van der Waals surface area contributed by atoms with Gasteiger partial charge < -0.3 is 18.8 Å². The van der Waals surface area contributed by atoms with Crippen LogP contribution in [-0.2, 0) is 6.54 Å². The van der Waals surface area contributed by atoms with E-state index in [1.165, 1.54) is 6.39 Å². The van der Waals surface area contributed by atoms with Gasteiger partial charge in [0.25, 0.3) is 5.91 Å². The first-order chi connectivity index (χ1) is 12.1. The third kappa shape index (κ3) is 4.10. The monoisotopic (exact) mass is 345 g/mol. The van der Waals surface area contributed by atoms with Crippen LogP contribution >= 0.6 is 0 Å². The van der Waals surface area contributed by atoms with Crippen molar-refractivity contribution in [2.45, 2.75) is 38.6 Å². The van der Waals surface area contributed by atoms with Gasteiger partial charge >= 0.3 is 0 Å². The highest BCUT2D eigenvalue weighted by Crippen LogP contribution is 2.28. The van der Waals surface area contributed by atoms with Gasteiger partial charge in [-0.1, -0.05) is 0 Å². The lowest BCUT2D eigenvalue weighted by atomic mass is 9.95. The van der Waals surface area contributed by atoms with E-state index in [4.69, 9.17) is 4.42 Å². The first-order valence-corrected chi connectivity index (χ1v) is 8.91. The van der Waals surface area contributed by atoms with E-state index in [0.717, 1.165) is 51.3 Å². The zero-order valence-corrected chi connectivity index (χ0v) is 15.3. The van der Waals surface area contributed by atoms with Gasteiger partial charge in [-0.25, -0.2) is 9.97 Å². The van der Waals surface area contributed by atoms with Gasteiger partial charge in [-0.3, -0.25) is 4.79 Å². The Balaban J connectivity index is 1.57. The van der Waals surface area contributed by atoms with Gasteiger partial charge in [-0.15, -0.1) is 0 Å². The summed E-state index contributed by atoms with van der Waals surface area (Å²) in [4.78, 5) is 25.2. The smallest absolute Gasteiger partial charge is 0.276 e. The highest BCUT2D eigenvalue weighted by molar-refractivity contribution is 5.93. The number of nitrogens with zero attached hydrogens (tertiary/aromatic N) is 5. The van der Waals surface area contributed by atoms with Crippen LogP contribution in [0.5, 0.6) is 0 Å². The zero-order chi connectivity index (χ0) is 17.8. The summed E-state index contributed by atoms with van der Waals surface area (Å²) in [6, 6.07) is 0. The molecule has 0 saturated carbocycles. The Morgan fingerprint density at radius 1 is 1.32 bits per heavy atom. The molecule has 0 N–H and O–H groups in total. The van der Waals surface area contributed by atoms with Crippen LogP contribution in [0, 0.1) is 6.92 Å². The molecule has 7 heteroatoms. The normalized spacial score (nSPS) is 15.9. The largest absolute Gasteiger partial charge is 0.448 e. The molecule has 0 bridgehead atoms. The number of carbonyl (C=O) groups excluding carboxylic acids is 1. The summed E-state index contributed by atoms with van der Waals surface area (Å²) >= 11 is 0. The molecule has 1 fully saturated rings. The van der Waals surface area contributed by atoms with Gasteiger partial charge in [0.2, 0.25) is 0 Å². The van der Waals surface area contributed by atoms with Crippen molar-refractivity contribution >= 4 is 5.91 Å². The van der Waals surface area contributed by atoms with Gasteiger partial charge in [0, 0.05) is 37.9 Å².